The lowest BCUT2D eigenvalue weighted by molar-refractivity contribution is -0.122. The van der Waals surface area contributed by atoms with Crippen molar-refractivity contribution in [3.63, 3.8) is 0 Å². The summed E-state index contributed by atoms with van der Waals surface area (Å²) >= 11 is 0. The highest BCUT2D eigenvalue weighted by atomic mass is 16.2. The van der Waals surface area contributed by atoms with Crippen molar-refractivity contribution in [2.75, 3.05) is 18.4 Å². The van der Waals surface area contributed by atoms with E-state index in [4.69, 9.17) is 0 Å². The number of aromatic nitrogens is 1. The van der Waals surface area contributed by atoms with Crippen molar-refractivity contribution in [3.05, 3.63) is 24.0 Å². The Labute approximate surface area is 125 Å². The predicted molar refractivity (Wildman–Crippen MR) is 83.2 cm³/mol. The molecule has 0 aliphatic heterocycles. The van der Waals surface area contributed by atoms with Crippen molar-refractivity contribution in [2.24, 2.45) is 0 Å². The van der Waals surface area contributed by atoms with Gasteiger partial charge in [-0.1, -0.05) is 0 Å². The van der Waals surface area contributed by atoms with Gasteiger partial charge in [-0.2, -0.15) is 0 Å². The molecule has 6 heteroatoms. The van der Waals surface area contributed by atoms with Crippen LogP contribution in [0.1, 0.15) is 44.6 Å². The Hall–Kier alpha value is -2.11. The van der Waals surface area contributed by atoms with E-state index < -0.39 is 0 Å². The van der Waals surface area contributed by atoms with Crippen LogP contribution in [0.15, 0.2) is 18.3 Å². The number of carbonyl (C=O) groups excluding carboxylic acids is 2. The third-order valence-electron chi connectivity index (χ3n) is 2.53. The van der Waals surface area contributed by atoms with Crippen LogP contribution >= 0.6 is 0 Å². The van der Waals surface area contributed by atoms with Crippen LogP contribution in [-0.4, -0.2) is 35.4 Å². The molecule has 0 spiro atoms. The van der Waals surface area contributed by atoms with Crippen LogP contribution in [-0.2, 0) is 4.79 Å². The standard InChI is InChI=1S/C15H24N4O2/c1-5-16-11-6-7-12(18-10-11)14(21)17-9-8-13(20)19-15(2,3)4/h6-7,10,16H,5,8-9H2,1-4H3,(H,17,21)(H,19,20). The number of hydrogen-bond acceptors (Lipinski definition) is 4. The Balaban J connectivity index is 2.38. The predicted octanol–water partition coefficient (Wildman–Crippen LogP) is 1.55. The SMILES string of the molecule is CCNc1ccc(C(=O)NCCC(=O)NC(C)(C)C)nc1. The molecule has 0 aliphatic rings. The van der Waals surface area contributed by atoms with Crippen LogP contribution in [0.4, 0.5) is 5.69 Å². The summed E-state index contributed by atoms with van der Waals surface area (Å²) in [5.41, 5.74) is 0.955. The van der Waals surface area contributed by atoms with Gasteiger partial charge in [0.15, 0.2) is 0 Å². The van der Waals surface area contributed by atoms with Crippen molar-refractivity contribution >= 4 is 17.5 Å². The van der Waals surface area contributed by atoms with Crippen LogP contribution in [0.25, 0.3) is 0 Å². The topological polar surface area (TPSA) is 83.1 Å². The van der Waals surface area contributed by atoms with Crippen LogP contribution in [0.2, 0.25) is 0 Å². The van der Waals surface area contributed by atoms with E-state index in [0.717, 1.165) is 12.2 Å². The van der Waals surface area contributed by atoms with Gasteiger partial charge in [-0.15, -0.1) is 0 Å². The maximum Gasteiger partial charge on any atom is 0.269 e. The summed E-state index contributed by atoms with van der Waals surface area (Å²) in [7, 11) is 0. The first-order chi connectivity index (χ1) is 9.81. The molecule has 0 fully saturated rings. The van der Waals surface area contributed by atoms with Crippen LogP contribution in [0, 0.1) is 0 Å². The molecule has 2 amide bonds. The summed E-state index contributed by atoms with van der Waals surface area (Å²) in [5.74, 6) is -0.361. The van der Waals surface area contributed by atoms with Gasteiger partial charge in [-0.25, -0.2) is 4.98 Å². The Morgan fingerprint density at radius 1 is 1.24 bits per heavy atom. The second kappa shape index (κ2) is 7.61. The summed E-state index contributed by atoms with van der Waals surface area (Å²) in [6.07, 6.45) is 1.86. The average molecular weight is 292 g/mol. The number of pyridine rings is 1. The minimum Gasteiger partial charge on any atom is -0.384 e. The Kier molecular flexibility index (Phi) is 6.14. The summed E-state index contributed by atoms with van der Waals surface area (Å²) < 4.78 is 0. The summed E-state index contributed by atoms with van der Waals surface area (Å²) in [5, 5.41) is 8.63. The lowest BCUT2D eigenvalue weighted by atomic mass is 10.1. The number of nitrogens with zero attached hydrogens (tertiary/aromatic N) is 1. The second-order valence-electron chi connectivity index (χ2n) is 5.77. The van der Waals surface area contributed by atoms with E-state index >= 15 is 0 Å². The molecule has 0 saturated heterocycles. The quantitative estimate of drug-likeness (QED) is 0.743. The zero-order valence-corrected chi connectivity index (χ0v) is 13.1. The monoisotopic (exact) mass is 292 g/mol. The van der Waals surface area contributed by atoms with Gasteiger partial charge in [0.25, 0.3) is 5.91 Å². The molecule has 1 heterocycles. The number of anilines is 1. The van der Waals surface area contributed by atoms with Crippen molar-refractivity contribution in [2.45, 2.75) is 39.7 Å². The maximum absolute atomic E-state index is 11.9. The van der Waals surface area contributed by atoms with Gasteiger partial charge in [0.2, 0.25) is 5.91 Å². The molecule has 0 bridgehead atoms. The molecule has 1 aromatic heterocycles. The average Bonchev–Trinajstić information content (AvgIpc) is 2.37. The molecule has 0 aromatic carbocycles. The lowest BCUT2D eigenvalue weighted by Crippen LogP contribution is -2.42. The Morgan fingerprint density at radius 2 is 1.95 bits per heavy atom. The fourth-order valence-electron chi connectivity index (χ4n) is 1.70. The minimum atomic E-state index is -0.276. The molecule has 0 unspecified atom stereocenters. The number of amides is 2. The lowest BCUT2D eigenvalue weighted by Gasteiger charge is -2.20. The van der Waals surface area contributed by atoms with Crippen LogP contribution < -0.4 is 16.0 Å². The van der Waals surface area contributed by atoms with E-state index in [1.807, 2.05) is 27.7 Å². The van der Waals surface area contributed by atoms with E-state index in [1.54, 1.807) is 18.3 Å². The van der Waals surface area contributed by atoms with Crippen LogP contribution in [0.3, 0.4) is 0 Å². The molecule has 0 radical (unpaired) electrons. The summed E-state index contributed by atoms with van der Waals surface area (Å²) in [6.45, 7) is 8.83. The van der Waals surface area contributed by atoms with E-state index in [0.29, 0.717) is 5.69 Å². The molecule has 3 N–H and O–H groups in total. The first-order valence-electron chi connectivity index (χ1n) is 7.11. The van der Waals surface area contributed by atoms with E-state index in [9.17, 15) is 9.59 Å². The van der Waals surface area contributed by atoms with Crippen molar-refractivity contribution < 1.29 is 9.59 Å². The van der Waals surface area contributed by atoms with Crippen LogP contribution in [0.5, 0.6) is 0 Å². The molecule has 1 aromatic rings. The molecule has 21 heavy (non-hydrogen) atoms. The molecule has 116 valence electrons. The molecule has 0 atom stereocenters. The molecular weight excluding hydrogens is 268 g/mol. The molecule has 6 nitrogen and oxygen atoms in total. The van der Waals surface area contributed by atoms with Gasteiger partial charge >= 0.3 is 0 Å². The normalized spacial score (nSPS) is 10.9. The second-order valence-corrected chi connectivity index (χ2v) is 5.77. The highest BCUT2D eigenvalue weighted by Crippen LogP contribution is 2.05. The van der Waals surface area contributed by atoms with E-state index in [2.05, 4.69) is 20.9 Å². The highest BCUT2D eigenvalue weighted by molar-refractivity contribution is 5.92. The Morgan fingerprint density at radius 3 is 2.48 bits per heavy atom. The largest absolute Gasteiger partial charge is 0.384 e. The zero-order valence-electron chi connectivity index (χ0n) is 13.1. The third kappa shape index (κ3) is 6.74. The van der Waals surface area contributed by atoms with Crippen molar-refractivity contribution in [3.8, 4) is 0 Å². The van der Waals surface area contributed by atoms with Crippen molar-refractivity contribution in [1.82, 2.24) is 15.6 Å². The fourth-order valence-corrected chi connectivity index (χ4v) is 1.70. The third-order valence-corrected chi connectivity index (χ3v) is 2.53. The fraction of sp³-hybridized carbons (Fsp3) is 0.533. The number of carbonyl (C=O) groups is 2. The summed E-state index contributed by atoms with van der Waals surface area (Å²) in [4.78, 5) is 27.5. The summed E-state index contributed by atoms with van der Waals surface area (Å²) in [6, 6.07) is 3.46. The molecule has 1 rings (SSSR count). The van der Waals surface area contributed by atoms with Gasteiger partial charge in [0.05, 0.1) is 11.9 Å². The zero-order chi connectivity index (χ0) is 15.9. The number of rotatable bonds is 6. The van der Waals surface area contributed by atoms with Gasteiger partial charge in [-0.05, 0) is 39.8 Å². The number of hydrogen-bond donors (Lipinski definition) is 3. The maximum atomic E-state index is 11.9. The molecule has 0 aliphatic carbocycles. The van der Waals surface area contributed by atoms with Gasteiger partial charge in [-0.3, -0.25) is 9.59 Å². The molecular formula is C15H24N4O2. The first kappa shape index (κ1) is 16.9. The Bertz CT molecular complexity index is 477. The highest BCUT2D eigenvalue weighted by Gasteiger charge is 2.14. The van der Waals surface area contributed by atoms with Gasteiger partial charge in [0.1, 0.15) is 5.69 Å². The smallest absolute Gasteiger partial charge is 0.269 e. The van der Waals surface area contributed by atoms with Gasteiger partial charge < -0.3 is 16.0 Å². The number of nitrogens with one attached hydrogen (secondary N) is 3. The minimum absolute atomic E-state index is 0.0850. The molecule has 0 saturated carbocycles. The van der Waals surface area contributed by atoms with E-state index in [1.165, 1.54) is 0 Å². The van der Waals surface area contributed by atoms with E-state index in [-0.39, 0.29) is 30.3 Å². The first-order valence-corrected chi connectivity index (χ1v) is 7.11. The van der Waals surface area contributed by atoms with Crippen molar-refractivity contribution in [1.29, 1.82) is 0 Å². The van der Waals surface area contributed by atoms with Gasteiger partial charge in [0, 0.05) is 25.0 Å².